The van der Waals surface area contributed by atoms with E-state index in [1.165, 1.54) is 0 Å². The topological polar surface area (TPSA) is 0 Å². The van der Waals surface area contributed by atoms with Gasteiger partial charge in [0.2, 0.25) is 0 Å². The minimum atomic E-state index is 0. The molecule has 1 radical (unpaired) electrons. The van der Waals surface area contributed by atoms with Gasteiger partial charge in [-0.25, -0.2) is 0 Å². The maximum atomic E-state index is 0. The summed E-state index contributed by atoms with van der Waals surface area (Å²) in [6, 6.07) is 0. The monoisotopic (exact) mass is 409 g/mol. The molecule has 0 saturated heterocycles. The van der Waals surface area contributed by atoms with E-state index in [0.29, 0.717) is 0 Å². The van der Waals surface area contributed by atoms with E-state index < -0.39 is 0 Å². The summed E-state index contributed by atoms with van der Waals surface area (Å²) in [5.74, 6) is 0. The van der Waals surface area contributed by atoms with Crippen LogP contribution in [0.15, 0.2) is 0 Å². The van der Waals surface area contributed by atoms with Crippen molar-refractivity contribution >= 4 is 0 Å². The summed E-state index contributed by atoms with van der Waals surface area (Å²) in [6.07, 6.45) is 0. The van der Waals surface area contributed by atoms with Gasteiger partial charge in [-0.2, -0.15) is 0 Å². The Balaban J connectivity index is 0. The summed E-state index contributed by atoms with van der Waals surface area (Å²) >= 11 is 0. The van der Waals surface area contributed by atoms with Gasteiger partial charge < -0.3 is 67.9 Å². The summed E-state index contributed by atoms with van der Waals surface area (Å²) < 4.78 is 0. The minimum absolute atomic E-state index is 0. The zero-order chi connectivity index (χ0) is 0. The van der Waals surface area contributed by atoms with Crippen molar-refractivity contribution in [3.05, 3.63) is 0 Å². The Morgan fingerprint density at radius 1 is 0.400 bits per heavy atom. The molecule has 5 heavy (non-hydrogen) atoms. The molecular formula is Br4Nb-4. The number of halogens is 4. The zero-order valence-electron chi connectivity index (χ0n) is 1.96. The van der Waals surface area contributed by atoms with Crippen molar-refractivity contribution < 1.29 is 90.3 Å². The average Bonchev–Trinajstić information content (AvgIpc) is 0. The van der Waals surface area contributed by atoms with Gasteiger partial charge in [-0.3, -0.25) is 0 Å². The van der Waals surface area contributed by atoms with Gasteiger partial charge in [0, 0.05) is 22.4 Å². The van der Waals surface area contributed by atoms with Crippen LogP contribution in [-0.4, -0.2) is 0 Å². The van der Waals surface area contributed by atoms with E-state index in [4.69, 9.17) is 0 Å². The normalized spacial score (nSPS) is 0. The van der Waals surface area contributed by atoms with Crippen molar-refractivity contribution in [2.75, 3.05) is 0 Å². The maximum absolute atomic E-state index is 0. The Kier molecular flexibility index (Phi) is 290. The Labute approximate surface area is 89.1 Å². The standard InChI is InChI=1S/4BrH.Nb/h4*1H;/p-4. The molecule has 0 aliphatic rings. The summed E-state index contributed by atoms with van der Waals surface area (Å²) in [6.45, 7) is 0. The first-order chi connectivity index (χ1) is 0. The van der Waals surface area contributed by atoms with E-state index in [2.05, 4.69) is 0 Å². The summed E-state index contributed by atoms with van der Waals surface area (Å²) in [5, 5.41) is 0. The van der Waals surface area contributed by atoms with Gasteiger partial charge in [-0.1, -0.05) is 0 Å². The fraction of sp³-hybridized carbons (Fsp3) is 0. The van der Waals surface area contributed by atoms with E-state index in [0.717, 1.165) is 0 Å². The number of rotatable bonds is 0. The largest absolute Gasteiger partial charge is 1.00 e. The fourth-order valence-electron chi connectivity index (χ4n) is 0. The molecule has 0 spiro atoms. The molecule has 0 N–H and O–H groups in total. The van der Waals surface area contributed by atoms with Gasteiger partial charge in [0.25, 0.3) is 0 Å². The first-order valence-electron chi connectivity index (χ1n) is 0. The van der Waals surface area contributed by atoms with Gasteiger partial charge >= 0.3 is 0 Å². The molecule has 37 valence electrons. The molecule has 0 bridgehead atoms. The summed E-state index contributed by atoms with van der Waals surface area (Å²) in [5.41, 5.74) is 0. The summed E-state index contributed by atoms with van der Waals surface area (Å²) in [7, 11) is 0. The van der Waals surface area contributed by atoms with Gasteiger partial charge in [0.1, 0.15) is 0 Å². The Hall–Kier alpha value is 2.66. The van der Waals surface area contributed by atoms with Crippen molar-refractivity contribution in [3.8, 4) is 0 Å². The minimum Gasteiger partial charge on any atom is -1.00 e. The van der Waals surface area contributed by atoms with Crippen LogP contribution >= 0.6 is 0 Å². The molecule has 0 atom stereocenters. The molecule has 0 aromatic carbocycles. The van der Waals surface area contributed by atoms with Crippen molar-refractivity contribution in [1.29, 1.82) is 0 Å². The second-order valence-electron chi connectivity index (χ2n) is 0. The van der Waals surface area contributed by atoms with Crippen LogP contribution in [0.4, 0.5) is 0 Å². The number of hydrogen-bond donors (Lipinski definition) is 0. The van der Waals surface area contributed by atoms with Crippen LogP contribution in [0.25, 0.3) is 0 Å². The van der Waals surface area contributed by atoms with Crippen molar-refractivity contribution in [1.82, 2.24) is 0 Å². The molecule has 0 rings (SSSR count). The van der Waals surface area contributed by atoms with Crippen LogP contribution in [0.3, 0.4) is 0 Å². The van der Waals surface area contributed by atoms with Gasteiger partial charge in [-0.15, -0.1) is 0 Å². The maximum Gasteiger partial charge on any atom is 0 e. The van der Waals surface area contributed by atoms with Gasteiger partial charge in [0.05, 0.1) is 0 Å². The Morgan fingerprint density at radius 2 is 0.400 bits per heavy atom. The summed E-state index contributed by atoms with van der Waals surface area (Å²) in [4.78, 5) is 0. The first kappa shape index (κ1) is 48.0. The third-order valence-corrected chi connectivity index (χ3v) is 0. The second kappa shape index (κ2) is 30.2. The second-order valence-corrected chi connectivity index (χ2v) is 0. The van der Waals surface area contributed by atoms with E-state index in [1.54, 1.807) is 0 Å². The average molecular weight is 413 g/mol. The molecule has 0 heterocycles. The van der Waals surface area contributed by atoms with E-state index in [1.807, 2.05) is 0 Å². The predicted molar refractivity (Wildman–Crippen MR) is 0 cm³/mol. The molecule has 5 heteroatoms. The Bertz CT molecular complexity index is 3.61. The first-order valence-corrected chi connectivity index (χ1v) is 0. The third kappa shape index (κ3) is 20.4. The van der Waals surface area contributed by atoms with Gasteiger partial charge in [0.15, 0.2) is 0 Å². The molecule has 0 amide bonds. The third-order valence-electron chi connectivity index (χ3n) is 0. The predicted octanol–water partition coefficient (Wildman–Crippen LogP) is -12.0. The smallest absolute Gasteiger partial charge is 0 e. The SMILES string of the molecule is [Br-].[Br-].[Br-].[Br-].[Nb]. The zero-order valence-corrected chi connectivity index (χ0v) is 10.5. The van der Waals surface area contributed by atoms with Crippen LogP contribution in [0.2, 0.25) is 0 Å². The molecule has 0 saturated carbocycles. The molecule has 0 fully saturated rings. The quantitative estimate of drug-likeness (QED) is 0.347. The Morgan fingerprint density at radius 3 is 0.400 bits per heavy atom. The van der Waals surface area contributed by atoms with Crippen LogP contribution in [0.5, 0.6) is 0 Å². The molecule has 0 nitrogen and oxygen atoms in total. The molecule has 0 aliphatic heterocycles. The molecule has 0 aliphatic carbocycles. The van der Waals surface area contributed by atoms with E-state index in [-0.39, 0.29) is 90.3 Å². The van der Waals surface area contributed by atoms with Crippen LogP contribution in [-0.2, 0) is 22.4 Å². The van der Waals surface area contributed by atoms with Crippen LogP contribution in [0, 0.1) is 0 Å². The van der Waals surface area contributed by atoms with Crippen LogP contribution in [0.1, 0.15) is 0 Å². The van der Waals surface area contributed by atoms with Gasteiger partial charge in [-0.05, 0) is 0 Å². The molecule has 0 aromatic rings. The van der Waals surface area contributed by atoms with E-state index in [9.17, 15) is 0 Å². The van der Waals surface area contributed by atoms with E-state index >= 15 is 0 Å². The molecule has 0 unspecified atom stereocenters. The number of hydrogen-bond acceptors (Lipinski definition) is 0. The fourth-order valence-corrected chi connectivity index (χ4v) is 0. The molecular weight excluding hydrogens is 413 g/mol. The van der Waals surface area contributed by atoms with Crippen molar-refractivity contribution in [2.24, 2.45) is 0 Å². The van der Waals surface area contributed by atoms with Crippen molar-refractivity contribution in [3.63, 3.8) is 0 Å². The van der Waals surface area contributed by atoms with Crippen molar-refractivity contribution in [2.45, 2.75) is 0 Å². The van der Waals surface area contributed by atoms with Crippen LogP contribution < -0.4 is 67.9 Å². The molecule has 0 aromatic heterocycles.